The van der Waals surface area contributed by atoms with Crippen LogP contribution in [0.4, 0.5) is 0 Å². The molecule has 2 aliphatic carbocycles. The van der Waals surface area contributed by atoms with Crippen molar-refractivity contribution in [2.24, 2.45) is 5.92 Å². The lowest BCUT2D eigenvalue weighted by Crippen LogP contribution is -2.17. The number of hydrogen-bond acceptors (Lipinski definition) is 4. The Kier molecular flexibility index (Phi) is 4.03. The molecule has 5 nitrogen and oxygen atoms in total. The van der Waals surface area contributed by atoms with Gasteiger partial charge in [-0.2, -0.15) is 0 Å². The largest absolute Gasteiger partial charge is 0.461 e. The number of ether oxygens (including phenoxy) is 1. The van der Waals surface area contributed by atoms with E-state index in [2.05, 4.69) is 10.3 Å². The van der Waals surface area contributed by atoms with Crippen molar-refractivity contribution in [2.45, 2.75) is 64.3 Å². The van der Waals surface area contributed by atoms with Crippen molar-refractivity contribution in [2.75, 3.05) is 6.61 Å². The van der Waals surface area contributed by atoms with Crippen LogP contribution in [0.3, 0.4) is 0 Å². The lowest BCUT2D eigenvalue weighted by Gasteiger charge is -2.22. The number of aromatic nitrogens is 3. The fourth-order valence-electron chi connectivity index (χ4n) is 3.18. The molecule has 20 heavy (non-hydrogen) atoms. The Balaban J connectivity index is 1.78. The van der Waals surface area contributed by atoms with Crippen molar-refractivity contribution in [3.63, 3.8) is 0 Å². The molecule has 0 bridgehead atoms. The van der Waals surface area contributed by atoms with Gasteiger partial charge in [-0.05, 0) is 38.5 Å². The van der Waals surface area contributed by atoms with E-state index in [4.69, 9.17) is 4.74 Å². The molecule has 2 aliphatic rings. The molecule has 5 heteroatoms. The molecule has 1 aromatic rings. The monoisotopic (exact) mass is 277 g/mol. The number of nitrogens with zero attached hydrogens (tertiary/aromatic N) is 3. The molecule has 0 N–H and O–H groups in total. The summed E-state index contributed by atoms with van der Waals surface area (Å²) < 4.78 is 7.08. The summed E-state index contributed by atoms with van der Waals surface area (Å²) in [7, 11) is 0. The maximum Gasteiger partial charge on any atom is 0.360 e. The van der Waals surface area contributed by atoms with Crippen LogP contribution in [0, 0.1) is 5.92 Å². The van der Waals surface area contributed by atoms with Crippen molar-refractivity contribution in [3.05, 3.63) is 11.4 Å². The van der Waals surface area contributed by atoms with Crippen molar-refractivity contribution >= 4 is 5.97 Å². The molecule has 0 aromatic carbocycles. The van der Waals surface area contributed by atoms with Crippen LogP contribution in [0.25, 0.3) is 0 Å². The first-order valence-corrected chi connectivity index (χ1v) is 7.90. The third-order valence-electron chi connectivity index (χ3n) is 4.36. The Hall–Kier alpha value is -1.39. The highest BCUT2D eigenvalue weighted by Crippen LogP contribution is 2.41. The Morgan fingerprint density at radius 1 is 1.25 bits per heavy atom. The van der Waals surface area contributed by atoms with Crippen LogP contribution >= 0.6 is 0 Å². The third kappa shape index (κ3) is 2.86. The Morgan fingerprint density at radius 3 is 2.65 bits per heavy atom. The molecule has 0 amide bonds. The number of carbonyl (C=O) groups is 1. The van der Waals surface area contributed by atoms with Crippen LogP contribution in [0.5, 0.6) is 0 Å². The lowest BCUT2D eigenvalue weighted by molar-refractivity contribution is 0.0518. The first-order chi connectivity index (χ1) is 9.79. The Morgan fingerprint density at radius 2 is 2.00 bits per heavy atom. The molecule has 0 spiro atoms. The van der Waals surface area contributed by atoms with Crippen LogP contribution in [0.1, 0.15) is 74.0 Å². The van der Waals surface area contributed by atoms with Crippen LogP contribution in [-0.2, 0) is 11.3 Å². The predicted molar refractivity (Wildman–Crippen MR) is 74.5 cm³/mol. The van der Waals surface area contributed by atoms with Crippen molar-refractivity contribution in [1.29, 1.82) is 0 Å². The summed E-state index contributed by atoms with van der Waals surface area (Å²) in [5, 5.41) is 8.34. The summed E-state index contributed by atoms with van der Waals surface area (Å²) in [5.74, 6) is 0.843. The van der Waals surface area contributed by atoms with E-state index in [9.17, 15) is 4.79 Å². The van der Waals surface area contributed by atoms with Gasteiger partial charge in [0.05, 0.1) is 12.3 Å². The molecular weight excluding hydrogens is 254 g/mol. The van der Waals surface area contributed by atoms with Gasteiger partial charge in [0.25, 0.3) is 0 Å². The van der Waals surface area contributed by atoms with Gasteiger partial charge >= 0.3 is 5.97 Å². The van der Waals surface area contributed by atoms with E-state index in [1.54, 1.807) is 0 Å². The molecule has 2 fully saturated rings. The van der Waals surface area contributed by atoms with E-state index in [1.165, 1.54) is 32.1 Å². The summed E-state index contributed by atoms with van der Waals surface area (Å²) in [6.45, 7) is 3.12. The topological polar surface area (TPSA) is 57.0 Å². The van der Waals surface area contributed by atoms with Crippen molar-refractivity contribution in [3.8, 4) is 0 Å². The number of esters is 1. The van der Waals surface area contributed by atoms with Gasteiger partial charge in [-0.25, -0.2) is 9.48 Å². The number of carbonyl (C=O) groups excluding carboxylic acids is 1. The van der Waals surface area contributed by atoms with Gasteiger partial charge in [-0.15, -0.1) is 5.10 Å². The molecule has 0 saturated heterocycles. The average molecular weight is 277 g/mol. The van der Waals surface area contributed by atoms with Crippen LogP contribution < -0.4 is 0 Å². The van der Waals surface area contributed by atoms with Gasteiger partial charge in [-0.1, -0.05) is 24.5 Å². The Labute approximate surface area is 119 Å². The number of rotatable bonds is 5. The normalized spacial score (nSPS) is 20.1. The average Bonchev–Trinajstić information content (AvgIpc) is 3.21. The van der Waals surface area contributed by atoms with E-state index in [1.807, 2.05) is 11.6 Å². The highest BCUT2D eigenvalue weighted by molar-refractivity contribution is 5.88. The van der Waals surface area contributed by atoms with Crippen LogP contribution in [-0.4, -0.2) is 27.6 Å². The molecule has 3 rings (SSSR count). The quantitative estimate of drug-likeness (QED) is 0.776. The van der Waals surface area contributed by atoms with E-state index < -0.39 is 0 Å². The highest BCUT2D eigenvalue weighted by atomic mass is 16.5. The molecule has 1 aromatic heterocycles. The first kappa shape index (κ1) is 13.6. The first-order valence-electron chi connectivity index (χ1n) is 7.90. The van der Waals surface area contributed by atoms with E-state index in [0.29, 0.717) is 24.1 Å². The highest BCUT2D eigenvalue weighted by Gasteiger charge is 2.34. The lowest BCUT2D eigenvalue weighted by atomic mass is 9.89. The van der Waals surface area contributed by atoms with Crippen molar-refractivity contribution in [1.82, 2.24) is 15.0 Å². The standard InChI is InChI=1S/C15H23N3O2/c1-2-20-15(19)13-14(12-8-9-12)18(17-16-13)10-11-6-4-3-5-7-11/h11-12H,2-10H2,1H3. The summed E-state index contributed by atoms with van der Waals surface area (Å²) in [6, 6.07) is 0. The molecule has 2 saturated carbocycles. The molecule has 0 atom stereocenters. The summed E-state index contributed by atoms with van der Waals surface area (Å²) in [5.41, 5.74) is 1.47. The van der Waals surface area contributed by atoms with Gasteiger partial charge in [0, 0.05) is 12.5 Å². The minimum Gasteiger partial charge on any atom is -0.461 e. The molecular formula is C15H23N3O2. The minimum atomic E-state index is -0.315. The van der Waals surface area contributed by atoms with Gasteiger partial charge < -0.3 is 4.74 Å². The number of hydrogen-bond donors (Lipinski definition) is 0. The van der Waals surface area contributed by atoms with Crippen LogP contribution in [0.15, 0.2) is 0 Å². The second-order valence-electron chi connectivity index (χ2n) is 6.00. The van der Waals surface area contributed by atoms with Gasteiger partial charge in [0.1, 0.15) is 0 Å². The molecule has 0 aliphatic heterocycles. The zero-order valence-corrected chi connectivity index (χ0v) is 12.2. The smallest absolute Gasteiger partial charge is 0.360 e. The third-order valence-corrected chi connectivity index (χ3v) is 4.36. The van der Waals surface area contributed by atoms with Gasteiger partial charge in [-0.3, -0.25) is 0 Å². The van der Waals surface area contributed by atoms with Crippen molar-refractivity contribution < 1.29 is 9.53 Å². The maximum atomic E-state index is 12.0. The molecule has 0 radical (unpaired) electrons. The van der Waals surface area contributed by atoms with E-state index in [-0.39, 0.29) is 5.97 Å². The summed E-state index contributed by atoms with van der Waals surface area (Å²) >= 11 is 0. The second kappa shape index (κ2) is 5.94. The van der Waals surface area contributed by atoms with Crippen LogP contribution in [0.2, 0.25) is 0 Å². The SMILES string of the molecule is CCOC(=O)c1nnn(CC2CCCCC2)c1C1CC1. The van der Waals surface area contributed by atoms with E-state index in [0.717, 1.165) is 25.1 Å². The summed E-state index contributed by atoms with van der Waals surface area (Å²) in [6.07, 6.45) is 8.84. The Bertz CT molecular complexity index is 473. The minimum absolute atomic E-state index is 0.315. The zero-order chi connectivity index (χ0) is 13.9. The predicted octanol–water partition coefficient (Wildman–Crippen LogP) is 2.91. The molecule has 1 heterocycles. The fraction of sp³-hybridized carbons (Fsp3) is 0.800. The molecule has 110 valence electrons. The van der Waals surface area contributed by atoms with E-state index >= 15 is 0 Å². The van der Waals surface area contributed by atoms with Gasteiger partial charge in [0.15, 0.2) is 5.69 Å². The molecule has 0 unspecified atom stereocenters. The summed E-state index contributed by atoms with van der Waals surface area (Å²) in [4.78, 5) is 12.0. The fourth-order valence-corrected chi connectivity index (χ4v) is 3.18. The zero-order valence-electron chi connectivity index (χ0n) is 12.2. The van der Waals surface area contributed by atoms with Gasteiger partial charge in [0.2, 0.25) is 0 Å². The second-order valence-corrected chi connectivity index (χ2v) is 6.00. The maximum absolute atomic E-state index is 12.0.